The van der Waals surface area contributed by atoms with Gasteiger partial charge in [0.05, 0.1) is 17.2 Å². The van der Waals surface area contributed by atoms with Gasteiger partial charge in [0.15, 0.2) is 0 Å². The van der Waals surface area contributed by atoms with Gasteiger partial charge in [0.1, 0.15) is 0 Å². The molecule has 35 heavy (non-hydrogen) atoms. The summed E-state index contributed by atoms with van der Waals surface area (Å²) in [5.41, 5.74) is 5.12. The summed E-state index contributed by atoms with van der Waals surface area (Å²) in [7, 11) is 0. The molecule has 0 fully saturated rings. The maximum absolute atomic E-state index is 9.17. The quantitative estimate of drug-likeness (QED) is 0.282. The molecule has 0 saturated heterocycles. The zero-order chi connectivity index (χ0) is 25.5. The summed E-state index contributed by atoms with van der Waals surface area (Å²) in [5, 5.41) is 9.17. The van der Waals surface area contributed by atoms with Gasteiger partial charge in [0, 0.05) is 12.1 Å². The maximum Gasteiger partial charge on any atom is 0.0991 e. The van der Waals surface area contributed by atoms with Crippen molar-refractivity contribution in [2.24, 2.45) is 0 Å². The second kappa shape index (κ2) is 14.4. The Kier molecular flexibility index (Phi) is 11.3. The third-order valence-electron chi connectivity index (χ3n) is 6.18. The number of allylic oxidation sites excluding steroid dienone is 2. The standard InChI is InChI=1S/C25H28N2.C8H10/c1-5-12-24(6-2)27(8-4)25(7-3,19-21-13-10-9-11-14-21)23-17-15-22(20-26)16-18-23;1-2-8-6-4-3-5-7-8/h6-11,13-18H,3-5,12,19H2,1-2H3;3-7H,2H2,1H3/b24-6-;. The molecule has 1 unspecified atom stereocenters. The van der Waals surface area contributed by atoms with Crippen LogP contribution in [0.25, 0.3) is 0 Å². The SMILES string of the molecule is C=CN(/C(=C\C)CCC)C(C=C)(Cc1ccccc1)c1ccc(C#N)cc1.CCc1ccccc1. The minimum atomic E-state index is -0.478. The Morgan fingerprint density at radius 1 is 0.886 bits per heavy atom. The highest BCUT2D eigenvalue weighted by Gasteiger charge is 2.35. The number of hydrogen-bond acceptors (Lipinski definition) is 2. The van der Waals surface area contributed by atoms with Crippen molar-refractivity contribution in [2.45, 2.75) is 52.0 Å². The summed E-state index contributed by atoms with van der Waals surface area (Å²) >= 11 is 0. The molecule has 0 N–H and O–H groups in total. The first-order valence-electron chi connectivity index (χ1n) is 12.4. The van der Waals surface area contributed by atoms with E-state index in [2.05, 4.69) is 99.5 Å². The molecule has 0 aromatic heterocycles. The van der Waals surface area contributed by atoms with E-state index in [1.54, 1.807) is 0 Å². The number of hydrogen-bond donors (Lipinski definition) is 0. The van der Waals surface area contributed by atoms with Crippen LogP contribution in [-0.2, 0) is 18.4 Å². The van der Waals surface area contributed by atoms with Crippen LogP contribution < -0.4 is 0 Å². The molecule has 2 heteroatoms. The van der Waals surface area contributed by atoms with E-state index in [-0.39, 0.29) is 0 Å². The lowest BCUT2D eigenvalue weighted by Crippen LogP contribution is -2.42. The van der Waals surface area contributed by atoms with Gasteiger partial charge in [-0.2, -0.15) is 5.26 Å². The van der Waals surface area contributed by atoms with Gasteiger partial charge in [0.2, 0.25) is 0 Å². The van der Waals surface area contributed by atoms with Crippen molar-refractivity contribution in [3.63, 3.8) is 0 Å². The molecule has 0 radical (unpaired) electrons. The molecule has 0 spiro atoms. The normalized spacial score (nSPS) is 12.3. The lowest BCUT2D eigenvalue weighted by atomic mass is 9.81. The average Bonchev–Trinajstić information content (AvgIpc) is 2.93. The van der Waals surface area contributed by atoms with E-state index in [1.807, 2.05) is 48.7 Å². The molecule has 3 rings (SSSR count). The first kappa shape index (κ1) is 27.4. The third-order valence-corrected chi connectivity index (χ3v) is 6.18. The lowest BCUT2D eigenvalue weighted by Gasteiger charge is -2.43. The molecule has 0 heterocycles. The Morgan fingerprint density at radius 3 is 1.86 bits per heavy atom. The monoisotopic (exact) mass is 462 g/mol. The van der Waals surface area contributed by atoms with Gasteiger partial charge in [-0.3, -0.25) is 0 Å². The van der Waals surface area contributed by atoms with E-state index in [4.69, 9.17) is 5.26 Å². The van der Waals surface area contributed by atoms with Gasteiger partial charge in [-0.05, 0) is 54.8 Å². The molecular formula is C33H38N2. The number of rotatable bonds is 10. The van der Waals surface area contributed by atoms with Gasteiger partial charge in [-0.15, -0.1) is 6.58 Å². The first-order chi connectivity index (χ1) is 17.1. The van der Waals surface area contributed by atoms with Crippen LogP contribution in [0.1, 0.15) is 55.9 Å². The first-order valence-corrected chi connectivity index (χ1v) is 12.4. The molecule has 0 amide bonds. The van der Waals surface area contributed by atoms with Crippen molar-refractivity contribution in [1.82, 2.24) is 4.90 Å². The molecular weight excluding hydrogens is 424 g/mol. The molecule has 1 atom stereocenters. The van der Waals surface area contributed by atoms with Crippen LogP contribution in [0.4, 0.5) is 0 Å². The summed E-state index contributed by atoms with van der Waals surface area (Å²) in [5.74, 6) is 0. The van der Waals surface area contributed by atoms with E-state index in [0.717, 1.165) is 31.2 Å². The molecule has 2 nitrogen and oxygen atoms in total. The number of benzene rings is 3. The number of nitrogens with zero attached hydrogens (tertiary/aromatic N) is 2. The zero-order valence-corrected chi connectivity index (χ0v) is 21.5. The summed E-state index contributed by atoms with van der Waals surface area (Å²) in [6.45, 7) is 14.7. The molecule has 0 aliphatic carbocycles. The predicted molar refractivity (Wildman–Crippen MR) is 150 cm³/mol. The molecule has 0 bridgehead atoms. The average molecular weight is 463 g/mol. The molecule has 3 aromatic rings. The van der Waals surface area contributed by atoms with Crippen molar-refractivity contribution >= 4 is 0 Å². The smallest absolute Gasteiger partial charge is 0.0991 e. The summed E-state index contributed by atoms with van der Waals surface area (Å²) < 4.78 is 0. The van der Waals surface area contributed by atoms with Gasteiger partial charge in [-0.25, -0.2) is 0 Å². The van der Waals surface area contributed by atoms with Gasteiger partial charge >= 0.3 is 0 Å². The van der Waals surface area contributed by atoms with Gasteiger partial charge in [-0.1, -0.05) is 112 Å². The van der Waals surface area contributed by atoms with E-state index in [1.165, 1.54) is 16.8 Å². The predicted octanol–water partition coefficient (Wildman–Crippen LogP) is 8.58. The molecule has 180 valence electrons. The highest BCUT2D eigenvalue weighted by molar-refractivity contribution is 5.40. The van der Waals surface area contributed by atoms with Crippen molar-refractivity contribution in [3.8, 4) is 6.07 Å². The van der Waals surface area contributed by atoms with Crippen LogP contribution in [0.3, 0.4) is 0 Å². The Bertz CT molecular complexity index is 1110. The molecule has 3 aromatic carbocycles. The van der Waals surface area contributed by atoms with Crippen molar-refractivity contribution in [1.29, 1.82) is 5.26 Å². The minimum absolute atomic E-state index is 0.478. The topological polar surface area (TPSA) is 27.0 Å². The second-order valence-corrected chi connectivity index (χ2v) is 8.40. The van der Waals surface area contributed by atoms with Crippen LogP contribution >= 0.6 is 0 Å². The molecule has 0 saturated carbocycles. The summed E-state index contributed by atoms with van der Waals surface area (Å²) in [4.78, 5) is 2.23. The fourth-order valence-corrected chi connectivity index (χ4v) is 4.27. The van der Waals surface area contributed by atoms with Crippen molar-refractivity contribution in [3.05, 3.63) is 144 Å². The number of nitriles is 1. The van der Waals surface area contributed by atoms with E-state index < -0.39 is 5.54 Å². The van der Waals surface area contributed by atoms with Crippen LogP contribution in [0, 0.1) is 11.3 Å². The van der Waals surface area contributed by atoms with Crippen LogP contribution in [-0.4, -0.2) is 4.90 Å². The Labute approximate surface area is 212 Å². The zero-order valence-electron chi connectivity index (χ0n) is 21.5. The van der Waals surface area contributed by atoms with E-state index >= 15 is 0 Å². The third kappa shape index (κ3) is 7.33. The van der Waals surface area contributed by atoms with Crippen molar-refractivity contribution < 1.29 is 0 Å². The van der Waals surface area contributed by atoms with Crippen LogP contribution in [0.5, 0.6) is 0 Å². The maximum atomic E-state index is 9.17. The molecule has 0 aliphatic heterocycles. The fourth-order valence-electron chi connectivity index (χ4n) is 4.27. The largest absolute Gasteiger partial charge is 0.339 e. The second-order valence-electron chi connectivity index (χ2n) is 8.40. The Balaban J connectivity index is 0.000000456. The number of aryl methyl sites for hydroxylation is 1. The van der Waals surface area contributed by atoms with Gasteiger partial charge in [0.25, 0.3) is 0 Å². The minimum Gasteiger partial charge on any atom is -0.339 e. The summed E-state index contributed by atoms with van der Waals surface area (Å²) in [6.07, 6.45) is 9.96. The Hall–Kier alpha value is -3.83. The van der Waals surface area contributed by atoms with Crippen molar-refractivity contribution in [2.75, 3.05) is 0 Å². The molecule has 0 aliphatic rings. The van der Waals surface area contributed by atoms with E-state index in [9.17, 15) is 0 Å². The van der Waals surface area contributed by atoms with Gasteiger partial charge < -0.3 is 4.90 Å². The Morgan fingerprint density at radius 2 is 1.46 bits per heavy atom. The van der Waals surface area contributed by atoms with Crippen LogP contribution in [0.2, 0.25) is 0 Å². The highest BCUT2D eigenvalue weighted by atomic mass is 15.2. The highest BCUT2D eigenvalue weighted by Crippen LogP contribution is 2.38. The lowest BCUT2D eigenvalue weighted by molar-refractivity contribution is 0.240. The van der Waals surface area contributed by atoms with E-state index in [0.29, 0.717) is 5.56 Å². The fraction of sp³-hybridized carbons (Fsp3) is 0.242. The van der Waals surface area contributed by atoms with Crippen LogP contribution in [0.15, 0.2) is 122 Å². The summed E-state index contributed by atoms with van der Waals surface area (Å²) in [6, 6.07) is 30.9.